The SMILES string of the molecule is Cc1cccc(C)c1C(=O)OP(C)(=O)c1ccccc1. The minimum atomic E-state index is -3.16. The van der Waals surface area contributed by atoms with Crippen molar-refractivity contribution in [2.75, 3.05) is 6.66 Å². The lowest BCUT2D eigenvalue weighted by molar-refractivity contribution is 0.0744. The van der Waals surface area contributed by atoms with Crippen LogP contribution in [0.3, 0.4) is 0 Å². The van der Waals surface area contributed by atoms with Crippen LogP contribution in [-0.4, -0.2) is 12.6 Å². The zero-order valence-electron chi connectivity index (χ0n) is 11.8. The zero-order chi connectivity index (χ0) is 14.8. The fourth-order valence-electron chi connectivity index (χ4n) is 2.09. The van der Waals surface area contributed by atoms with E-state index in [4.69, 9.17) is 4.52 Å². The molecule has 0 bridgehead atoms. The highest BCUT2D eigenvalue weighted by atomic mass is 31.2. The number of benzene rings is 2. The molecular formula is C16H17O3P. The van der Waals surface area contributed by atoms with Gasteiger partial charge in [-0.2, -0.15) is 0 Å². The first-order valence-corrected chi connectivity index (χ1v) is 8.42. The van der Waals surface area contributed by atoms with E-state index in [2.05, 4.69) is 0 Å². The lowest BCUT2D eigenvalue weighted by Crippen LogP contribution is -2.13. The summed E-state index contributed by atoms with van der Waals surface area (Å²) in [7, 11) is -3.16. The van der Waals surface area contributed by atoms with Gasteiger partial charge in [-0.15, -0.1) is 0 Å². The van der Waals surface area contributed by atoms with E-state index in [1.807, 2.05) is 38.1 Å². The molecule has 0 saturated heterocycles. The van der Waals surface area contributed by atoms with Crippen LogP contribution in [0.5, 0.6) is 0 Å². The quantitative estimate of drug-likeness (QED) is 0.809. The lowest BCUT2D eigenvalue weighted by atomic mass is 10.0. The lowest BCUT2D eigenvalue weighted by Gasteiger charge is -2.16. The topological polar surface area (TPSA) is 43.4 Å². The van der Waals surface area contributed by atoms with E-state index in [9.17, 15) is 9.36 Å². The third-order valence-electron chi connectivity index (χ3n) is 3.17. The Hall–Kier alpha value is -1.86. The Morgan fingerprint density at radius 3 is 2.05 bits per heavy atom. The molecule has 0 spiro atoms. The van der Waals surface area contributed by atoms with Gasteiger partial charge in [0.2, 0.25) is 0 Å². The smallest absolute Gasteiger partial charge is 0.343 e. The first kappa shape index (κ1) is 14.5. The second-order valence-electron chi connectivity index (χ2n) is 4.83. The summed E-state index contributed by atoms with van der Waals surface area (Å²) < 4.78 is 17.9. The van der Waals surface area contributed by atoms with Crippen LogP contribution in [0.25, 0.3) is 0 Å². The summed E-state index contributed by atoms with van der Waals surface area (Å²) in [5.41, 5.74) is 2.14. The maximum atomic E-state index is 12.6. The average molecular weight is 288 g/mol. The molecule has 20 heavy (non-hydrogen) atoms. The molecule has 0 aliphatic heterocycles. The Morgan fingerprint density at radius 1 is 0.950 bits per heavy atom. The third kappa shape index (κ3) is 3.00. The van der Waals surface area contributed by atoms with Crippen LogP contribution in [0.15, 0.2) is 48.5 Å². The molecule has 0 saturated carbocycles. The van der Waals surface area contributed by atoms with Gasteiger partial charge in [-0.25, -0.2) is 4.79 Å². The molecule has 0 amide bonds. The number of hydrogen-bond acceptors (Lipinski definition) is 3. The van der Waals surface area contributed by atoms with Crippen molar-refractivity contribution in [3.63, 3.8) is 0 Å². The summed E-state index contributed by atoms with van der Waals surface area (Å²) in [6.07, 6.45) is 0. The molecule has 2 aromatic rings. The van der Waals surface area contributed by atoms with Gasteiger partial charge in [0.25, 0.3) is 7.37 Å². The average Bonchev–Trinajstić information content (AvgIpc) is 2.39. The van der Waals surface area contributed by atoms with Crippen molar-refractivity contribution in [2.24, 2.45) is 0 Å². The summed E-state index contributed by atoms with van der Waals surface area (Å²) in [5, 5.41) is 0.541. The molecule has 2 aromatic carbocycles. The van der Waals surface area contributed by atoms with Gasteiger partial charge < -0.3 is 4.52 Å². The van der Waals surface area contributed by atoms with Gasteiger partial charge in [0.15, 0.2) is 0 Å². The predicted molar refractivity (Wildman–Crippen MR) is 80.9 cm³/mol. The van der Waals surface area contributed by atoms with Gasteiger partial charge in [-0.1, -0.05) is 36.4 Å². The monoisotopic (exact) mass is 288 g/mol. The van der Waals surface area contributed by atoms with Crippen LogP contribution in [-0.2, 0) is 9.09 Å². The van der Waals surface area contributed by atoms with Crippen molar-refractivity contribution in [3.05, 3.63) is 65.2 Å². The van der Waals surface area contributed by atoms with Gasteiger partial charge in [-0.05, 0) is 37.1 Å². The summed E-state index contributed by atoms with van der Waals surface area (Å²) in [6, 6.07) is 14.4. The molecule has 0 fully saturated rings. The molecule has 1 unspecified atom stereocenters. The summed E-state index contributed by atoms with van der Waals surface area (Å²) in [4.78, 5) is 12.3. The van der Waals surface area contributed by atoms with E-state index >= 15 is 0 Å². The van der Waals surface area contributed by atoms with E-state index < -0.39 is 13.3 Å². The molecule has 0 aliphatic rings. The van der Waals surface area contributed by atoms with Crippen molar-refractivity contribution in [2.45, 2.75) is 13.8 Å². The van der Waals surface area contributed by atoms with Crippen LogP contribution < -0.4 is 5.30 Å². The van der Waals surface area contributed by atoms with Crippen molar-refractivity contribution in [1.82, 2.24) is 0 Å². The molecule has 4 heteroatoms. The number of carbonyl (C=O) groups excluding carboxylic acids is 1. The standard InChI is InChI=1S/C16H17O3P/c1-12-8-7-9-13(2)15(12)16(17)19-20(3,18)14-10-5-4-6-11-14/h4-11H,1-3H3. The Bertz CT molecular complexity index is 657. The highest BCUT2D eigenvalue weighted by Gasteiger charge is 2.25. The maximum Gasteiger partial charge on any atom is 0.343 e. The number of carbonyl (C=O) groups is 1. The third-order valence-corrected chi connectivity index (χ3v) is 4.92. The molecule has 0 heterocycles. The number of aryl methyl sites for hydroxylation is 2. The van der Waals surface area contributed by atoms with Crippen molar-refractivity contribution < 1.29 is 13.9 Å². The zero-order valence-corrected chi connectivity index (χ0v) is 12.7. The van der Waals surface area contributed by atoms with Crippen LogP contribution in [0.4, 0.5) is 0 Å². The van der Waals surface area contributed by atoms with E-state index in [1.54, 1.807) is 24.3 Å². The van der Waals surface area contributed by atoms with Crippen LogP contribution in [0.2, 0.25) is 0 Å². The fourth-order valence-corrected chi connectivity index (χ4v) is 3.32. The molecule has 104 valence electrons. The van der Waals surface area contributed by atoms with Gasteiger partial charge in [0, 0.05) is 12.0 Å². The summed E-state index contributed by atoms with van der Waals surface area (Å²) in [5.74, 6) is -0.532. The minimum Gasteiger partial charge on any atom is -0.405 e. The van der Waals surface area contributed by atoms with E-state index in [-0.39, 0.29) is 0 Å². The predicted octanol–water partition coefficient (Wildman–Crippen LogP) is 3.69. The van der Waals surface area contributed by atoms with E-state index in [0.717, 1.165) is 11.1 Å². The second kappa shape index (κ2) is 5.64. The van der Waals surface area contributed by atoms with Gasteiger partial charge >= 0.3 is 5.97 Å². The first-order chi connectivity index (χ1) is 9.42. The number of hydrogen-bond donors (Lipinski definition) is 0. The Labute approximate surface area is 119 Å². The highest BCUT2D eigenvalue weighted by Crippen LogP contribution is 2.42. The molecule has 3 nitrogen and oxygen atoms in total. The van der Waals surface area contributed by atoms with Crippen molar-refractivity contribution >= 4 is 18.6 Å². The molecule has 0 aliphatic carbocycles. The largest absolute Gasteiger partial charge is 0.405 e. The maximum absolute atomic E-state index is 12.6. The van der Waals surface area contributed by atoms with Crippen LogP contribution in [0, 0.1) is 13.8 Å². The normalized spacial score (nSPS) is 13.6. The Balaban J connectivity index is 2.31. The van der Waals surface area contributed by atoms with Gasteiger partial charge in [-0.3, -0.25) is 4.57 Å². The van der Waals surface area contributed by atoms with Crippen molar-refractivity contribution in [3.8, 4) is 0 Å². The Kier molecular flexibility index (Phi) is 4.10. The molecule has 1 atom stereocenters. The minimum absolute atomic E-state index is 0.491. The van der Waals surface area contributed by atoms with E-state index in [1.165, 1.54) is 6.66 Å². The van der Waals surface area contributed by atoms with Gasteiger partial charge in [0.1, 0.15) is 0 Å². The van der Waals surface area contributed by atoms with Gasteiger partial charge in [0.05, 0.1) is 5.56 Å². The van der Waals surface area contributed by atoms with Crippen LogP contribution >= 0.6 is 7.37 Å². The molecule has 0 N–H and O–H groups in total. The summed E-state index contributed by atoms with van der Waals surface area (Å²) in [6.45, 7) is 5.15. The molecule has 0 aromatic heterocycles. The highest BCUT2D eigenvalue weighted by molar-refractivity contribution is 7.66. The molecule has 2 rings (SSSR count). The molecular weight excluding hydrogens is 271 g/mol. The Morgan fingerprint density at radius 2 is 1.50 bits per heavy atom. The van der Waals surface area contributed by atoms with Crippen LogP contribution in [0.1, 0.15) is 21.5 Å². The van der Waals surface area contributed by atoms with E-state index in [0.29, 0.717) is 10.9 Å². The first-order valence-electron chi connectivity index (χ1n) is 6.35. The molecule has 0 radical (unpaired) electrons. The second-order valence-corrected chi connectivity index (χ2v) is 7.22. The van der Waals surface area contributed by atoms with Crippen molar-refractivity contribution in [1.29, 1.82) is 0 Å². The number of rotatable bonds is 3. The summed E-state index contributed by atoms with van der Waals surface area (Å²) >= 11 is 0. The fraction of sp³-hybridized carbons (Fsp3) is 0.188.